The normalized spacial score (nSPS) is 11.1. The van der Waals surface area contributed by atoms with Crippen LogP contribution in [0.15, 0.2) is 0 Å². The minimum atomic E-state index is 0.416. The van der Waals surface area contributed by atoms with Crippen LogP contribution in [0.3, 0.4) is 0 Å². The standard InChI is InChI=1S/C13H29P/c1-4-7-9-12-14(11-6-3)13-10-8-5-2/h4-13H2,1-3H3. The molecular weight excluding hydrogens is 187 g/mol. The van der Waals surface area contributed by atoms with Crippen molar-refractivity contribution in [2.24, 2.45) is 0 Å². The summed E-state index contributed by atoms with van der Waals surface area (Å²) in [5.74, 6) is 0. The van der Waals surface area contributed by atoms with Crippen LogP contribution in [-0.2, 0) is 0 Å². The van der Waals surface area contributed by atoms with E-state index in [9.17, 15) is 0 Å². The second-order valence-corrected chi connectivity index (χ2v) is 6.94. The van der Waals surface area contributed by atoms with Gasteiger partial charge in [0.1, 0.15) is 0 Å². The molecule has 0 heterocycles. The van der Waals surface area contributed by atoms with E-state index in [1.54, 1.807) is 12.3 Å². The van der Waals surface area contributed by atoms with E-state index in [1.165, 1.54) is 51.1 Å². The van der Waals surface area contributed by atoms with E-state index in [0.29, 0.717) is 7.92 Å². The molecule has 0 radical (unpaired) electrons. The van der Waals surface area contributed by atoms with Gasteiger partial charge in [0.05, 0.1) is 0 Å². The van der Waals surface area contributed by atoms with Gasteiger partial charge in [-0.2, -0.15) is 0 Å². The highest BCUT2D eigenvalue weighted by Gasteiger charge is 2.05. The molecule has 0 fully saturated rings. The topological polar surface area (TPSA) is 0 Å². The molecule has 1 heteroatoms. The number of rotatable bonds is 10. The predicted octanol–water partition coefficient (Wildman–Crippen LogP) is 5.26. The van der Waals surface area contributed by atoms with Crippen LogP contribution in [0.5, 0.6) is 0 Å². The highest BCUT2D eigenvalue weighted by atomic mass is 31.1. The summed E-state index contributed by atoms with van der Waals surface area (Å²) in [6, 6.07) is 0. The van der Waals surface area contributed by atoms with Gasteiger partial charge in [-0.25, -0.2) is 0 Å². The maximum atomic E-state index is 2.34. The third-order valence-electron chi connectivity index (χ3n) is 2.70. The van der Waals surface area contributed by atoms with Gasteiger partial charge in [-0.05, 0) is 31.3 Å². The Balaban J connectivity index is 3.44. The van der Waals surface area contributed by atoms with Crippen molar-refractivity contribution in [1.82, 2.24) is 0 Å². The quantitative estimate of drug-likeness (QED) is 0.345. The Hall–Kier alpha value is 0.430. The van der Waals surface area contributed by atoms with Gasteiger partial charge in [-0.15, -0.1) is 7.92 Å². The molecule has 0 N–H and O–H groups in total. The molecule has 86 valence electrons. The summed E-state index contributed by atoms with van der Waals surface area (Å²) in [7, 11) is 0.416. The van der Waals surface area contributed by atoms with E-state index in [0.717, 1.165) is 0 Å². The molecule has 0 saturated carbocycles. The van der Waals surface area contributed by atoms with Gasteiger partial charge in [-0.1, -0.05) is 52.9 Å². The van der Waals surface area contributed by atoms with Crippen LogP contribution in [0, 0.1) is 0 Å². The molecular formula is C13H29P. The molecule has 0 aromatic heterocycles. The van der Waals surface area contributed by atoms with Crippen molar-refractivity contribution in [2.75, 3.05) is 18.5 Å². The molecule has 0 amide bonds. The van der Waals surface area contributed by atoms with Gasteiger partial charge in [0.2, 0.25) is 0 Å². The summed E-state index contributed by atoms with van der Waals surface area (Å²) in [5, 5.41) is 0. The van der Waals surface area contributed by atoms with E-state index >= 15 is 0 Å². The first-order valence-corrected chi connectivity index (χ1v) is 8.47. The predicted molar refractivity (Wildman–Crippen MR) is 70.9 cm³/mol. The zero-order chi connectivity index (χ0) is 10.6. The lowest BCUT2D eigenvalue weighted by Crippen LogP contribution is -1.95. The van der Waals surface area contributed by atoms with Crippen LogP contribution in [-0.4, -0.2) is 18.5 Å². The zero-order valence-electron chi connectivity index (χ0n) is 10.5. The molecule has 0 aliphatic rings. The van der Waals surface area contributed by atoms with Crippen molar-refractivity contribution < 1.29 is 0 Å². The molecule has 0 atom stereocenters. The summed E-state index contributed by atoms with van der Waals surface area (Å²) in [6.07, 6.45) is 14.7. The van der Waals surface area contributed by atoms with Gasteiger partial charge in [0.15, 0.2) is 0 Å². The first-order chi connectivity index (χ1) is 6.85. The monoisotopic (exact) mass is 216 g/mol. The molecule has 0 aromatic carbocycles. The fourth-order valence-corrected chi connectivity index (χ4v) is 4.47. The fourth-order valence-electron chi connectivity index (χ4n) is 1.82. The third-order valence-corrected chi connectivity index (χ3v) is 5.67. The van der Waals surface area contributed by atoms with E-state index in [-0.39, 0.29) is 0 Å². The van der Waals surface area contributed by atoms with E-state index in [2.05, 4.69) is 20.8 Å². The lowest BCUT2D eigenvalue weighted by molar-refractivity contribution is 0.760. The van der Waals surface area contributed by atoms with Crippen LogP contribution in [0.1, 0.15) is 65.7 Å². The van der Waals surface area contributed by atoms with Crippen molar-refractivity contribution in [3.63, 3.8) is 0 Å². The molecule has 0 aromatic rings. The second-order valence-electron chi connectivity index (χ2n) is 4.26. The lowest BCUT2D eigenvalue weighted by atomic mass is 10.3. The summed E-state index contributed by atoms with van der Waals surface area (Å²) in [4.78, 5) is 0. The highest BCUT2D eigenvalue weighted by molar-refractivity contribution is 7.57. The molecule has 0 rings (SSSR count). The highest BCUT2D eigenvalue weighted by Crippen LogP contribution is 2.38. The molecule has 0 unspecified atom stereocenters. The van der Waals surface area contributed by atoms with Crippen LogP contribution in [0.4, 0.5) is 0 Å². The number of hydrogen-bond donors (Lipinski definition) is 0. The lowest BCUT2D eigenvalue weighted by Gasteiger charge is -2.16. The smallest absolute Gasteiger partial charge is 0.0326 e. The van der Waals surface area contributed by atoms with Crippen molar-refractivity contribution >= 4 is 7.92 Å². The molecule has 0 aliphatic heterocycles. The minimum Gasteiger partial charge on any atom is -0.107 e. The first kappa shape index (κ1) is 14.4. The first-order valence-electron chi connectivity index (χ1n) is 6.57. The van der Waals surface area contributed by atoms with Crippen molar-refractivity contribution in [3.8, 4) is 0 Å². The summed E-state index contributed by atoms with van der Waals surface area (Å²) < 4.78 is 0. The molecule has 0 nitrogen and oxygen atoms in total. The maximum Gasteiger partial charge on any atom is -0.0326 e. The Kier molecular flexibility index (Phi) is 11.9. The van der Waals surface area contributed by atoms with Gasteiger partial charge in [-0.3, -0.25) is 0 Å². The average molecular weight is 216 g/mol. The number of hydrogen-bond acceptors (Lipinski definition) is 0. The SMILES string of the molecule is CCCCCP(CCC)CCCCC. The molecule has 0 bridgehead atoms. The largest absolute Gasteiger partial charge is 0.107 e. The van der Waals surface area contributed by atoms with E-state index in [1.807, 2.05) is 0 Å². The fraction of sp³-hybridized carbons (Fsp3) is 1.00. The Morgan fingerprint density at radius 3 is 1.43 bits per heavy atom. The third kappa shape index (κ3) is 9.00. The van der Waals surface area contributed by atoms with Crippen LogP contribution >= 0.6 is 7.92 Å². The average Bonchev–Trinajstić information content (AvgIpc) is 2.18. The maximum absolute atomic E-state index is 2.34. The second kappa shape index (κ2) is 11.5. The Morgan fingerprint density at radius 1 is 0.571 bits per heavy atom. The Bertz CT molecular complexity index is 91.4. The molecule has 14 heavy (non-hydrogen) atoms. The summed E-state index contributed by atoms with van der Waals surface area (Å²) >= 11 is 0. The van der Waals surface area contributed by atoms with Crippen LogP contribution in [0.2, 0.25) is 0 Å². The van der Waals surface area contributed by atoms with E-state index < -0.39 is 0 Å². The number of unbranched alkanes of at least 4 members (excludes halogenated alkanes) is 4. The van der Waals surface area contributed by atoms with Crippen LogP contribution in [0.25, 0.3) is 0 Å². The summed E-state index contributed by atoms with van der Waals surface area (Å²) in [5.41, 5.74) is 0. The zero-order valence-corrected chi connectivity index (χ0v) is 11.4. The van der Waals surface area contributed by atoms with Gasteiger partial charge >= 0.3 is 0 Å². The van der Waals surface area contributed by atoms with Crippen LogP contribution < -0.4 is 0 Å². The van der Waals surface area contributed by atoms with E-state index in [4.69, 9.17) is 0 Å². The van der Waals surface area contributed by atoms with Gasteiger partial charge < -0.3 is 0 Å². The summed E-state index contributed by atoms with van der Waals surface area (Å²) in [6.45, 7) is 6.95. The minimum absolute atomic E-state index is 0.416. The molecule has 0 aliphatic carbocycles. The Labute approximate surface area is 92.6 Å². The molecule has 0 spiro atoms. The van der Waals surface area contributed by atoms with Gasteiger partial charge in [0.25, 0.3) is 0 Å². The van der Waals surface area contributed by atoms with Crippen molar-refractivity contribution in [1.29, 1.82) is 0 Å². The van der Waals surface area contributed by atoms with Gasteiger partial charge in [0, 0.05) is 0 Å². The molecule has 0 saturated heterocycles. The Morgan fingerprint density at radius 2 is 1.07 bits per heavy atom. The van der Waals surface area contributed by atoms with Crippen molar-refractivity contribution in [2.45, 2.75) is 65.7 Å². The van der Waals surface area contributed by atoms with Crippen molar-refractivity contribution in [3.05, 3.63) is 0 Å².